The smallest absolute Gasteiger partial charge is 0.315 e. The first-order valence-electron chi connectivity index (χ1n) is 17.8. The molecule has 3 aliphatic rings. The van der Waals surface area contributed by atoms with E-state index in [-0.39, 0.29) is 50.7 Å². The number of amides is 7. The third kappa shape index (κ3) is 11.0. The Hall–Kier alpha value is -3.07. The maximum Gasteiger partial charge on any atom is 0.315 e. The molecule has 286 valence electrons. The van der Waals surface area contributed by atoms with Gasteiger partial charge in [0.1, 0.15) is 12.1 Å². The second-order valence-electron chi connectivity index (χ2n) is 16.8. The van der Waals surface area contributed by atoms with Crippen LogP contribution in [0.25, 0.3) is 0 Å². The summed E-state index contributed by atoms with van der Waals surface area (Å²) in [5.41, 5.74) is -1.77. The predicted molar refractivity (Wildman–Crippen MR) is 201 cm³/mol. The van der Waals surface area contributed by atoms with Gasteiger partial charge in [0.15, 0.2) is 0 Å². The molecule has 3 aliphatic heterocycles. The third-order valence-corrected chi connectivity index (χ3v) is 12.9. The topological polar surface area (TPSA) is 174 Å². The zero-order valence-electron chi connectivity index (χ0n) is 31.7. The van der Waals surface area contributed by atoms with E-state index in [2.05, 4.69) is 27.8 Å². The van der Waals surface area contributed by atoms with E-state index in [1.807, 2.05) is 62.3 Å². The van der Waals surface area contributed by atoms with E-state index in [1.54, 1.807) is 23.5 Å². The Kier molecular flexibility index (Phi) is 13.9. The fourth-order valence-electron chi connectivity index (χ4n) is 6.53. The molecule has 0 aromatic carbocycles. The minimum Gasteiger partial charge on any atom is -0.346 e. The highest BCUT2D eigenvalue weighted by atomic mass is 32.2. The average molecular weight is 751 g/mol. The molecule has 0 aromatic rings. The van der Waals surface area contributed by atoms with Gasteiger partial charge >= 0.3 is 6.03 Å². The van der Waals surface area contributed by atoms with Crippen LogP contribution < -0.4 is 21.3 Å². The maximum atomic E-state index is 14.5. The summed E-state index contributed by atoms with van der Waals surface area (Å²) in [6, 6.07) is -4.32. The van der Waals surface area contributed by atoms with Gasteiger partial charge in [-0.15, -0.1) is 30.1 Å². The van der Waals surface area contributed by atoms with Crippen LogP contribution in [0.4, 0.5) is 4.79 Å². The summed E-state index contributed by atoms with van der Waals surface area (Å²) < 4.78 is -0.423. The van der Waals surface area contributed by atoms with Gasteiger partial charge in [-0.1, -0.05) is 74.8 Å². The fraction of sp³-hybridized carbons (Fsp3) is 0.750. The molecule has 51 heavy (non-hydrogen) atoms. The van der Waals surface area contributed by atoms with Crippen molar-refractivity contribution >= 4 is 64.9 Å². The lowest BCUT2D eigenvalue weighted by molar-refractivity contribution is -0.153. The number of imide groups is 1. The number of Topliss-reactive ketones (excluding diaryl/α,β-unsaturated/α-hetero) is 1. The number of carbonyl (C=O) groups is 7. The number of ketones is 1. The molecule has 1 unspecified atom stereocenters. The summed E-state index contributed by atoms with van der Waals surface area (Å²) in [5, 5.41) is 11.1. The van der Waals surface area contributed by atoms with Crippen molar-refractivity contribution in [3.05, 3.63) is 12.7 Å². The lowest BCUT2D eigenvalue weighted by Gasteiger charge is -2.40. The monoisotopic (exact) mass is 750 g/mol. The molecular weight excluding hydrogens is 693 g/mol. The van der Waals surface area contributed by atoms with Crippen molar-refractivity contribution in [1.29, 1.82) is 0 Å². The van der Waals surface area contributed by atoms with Gasteiger partial charge in [-0.25, -0.2) is 4.79 Å². The van der Waals surface area contributed by atoms with Crippen molar-refractivity contribution < 1.29 is 33.6 Å². The van der Waals surface area contributed by atoms with Crippen LogP contribution in [-0.4, -0.2) is 111 Å². The standard InChI is InChI=1S/C36H58N6O7S2/c1-11-13-22(27(45)30(47)37-14-12-2)38-29(46)23-17-36(50-15-16-51-36)21-42(23)31(48)28(34(6,7)8)40-32(49)39-24(33(3,4)5)20-41-25(43)18-35(9,10)19-26(41)44/h12,22-24,28H,2,11,13-21H2,1,3-10H3,(H,37,47)(H,38,46)(H2,39,40,49)/t22?,23-,24-,28+/m0/s1. The molecule has 4 N–H and O–H groups in total. The molecule has 13 nitrogen and oxygen atoms in total. The zero-order valence-corrected chi connectivity index (χ0v) is 33.4. The number of urea groups is 1. The van der Waals surface area contributed by atoms with E-state index in [4.69, 9.17) is 0 Å². The van der Waals surface area contributed by atoms with Crippen LogP contribution in [0.15, 0.2) is 12.7 Å². The second-order valence-corrected chi connectivity index (χ2v) is 20.0. The number of rotatable bonds is 13. The molecule has 0 aliphatic carbocycles. The Labute approximate surface area is 311 Å². The van der Waals surface area contributed by atoms with Crippen molar-refractivity contribution in [3.63, 3.8) is 0 Å². The summed E-state index contributed by atoms with van der Waals surface area (Å²) in [6.07, 6.45) is 3.03. The minimum absolute atomic E-state index is 0.00655. The largest absolute Gasteiger partial charge is 0.346 e. The van der Waals surface area contributed by atoms with Crippen molar-refractivity contribution in [2.45, 2.75) is 123 Å². The number of carbonyl (C=O) groups excluding carboxylic acids is 7. The second kappa shape index (κ2) is 16.7. The number of piperidine rings is 1. The number of thioether (sulfide) groups is 2. The first-order valence-corrected chi connectivity index (χ1v) is 19.7. The van der Waals surface area contributed by atoms with E-state index >= 15 is 0 Å². The summed E-state index contributed by atoms with van der Waals surface area (Å²) >= 11 is 3.39. The number of hydrogen-bond donors (Lipinski definition) is 4. The van der Waals surface area contributed by atoms with Crippen molar-refractivity contribution in [3.8, 4) is 0 Å². The van der Waals surface area contributed by atoms with Crippen LogP contribution in [0.5, 0.6) is 0 Å². The van der Waals surface area contributed by atoms with Crippen molar-refractivity contribution in [1.82, 2.24) is 31.1 Å². The summed E-state index contributed by atoms with van der Waals surface area (Å²) in [5.74, 6) is -1.41. The SMILES string of the molecule is C=CCNC(=O)C(=O)C(CCC)NC(=O)[C@@H]1CC2(CN1C(=O)[C@@H](NC(=O)N[C@@H](CN1C(=O)CC(C)(C)CC1=O)C(C)(C)C)C(C)(C)C)SCCS2. The van der Waals surface area contributed by atoms with Crippen molar-refractivity contribution in [2.24, 2.45) is 16.2 Å². The van der Waals surface area contributed by atoms with E-state index in [9.17, 15) is 33.6 Å². The van der Waals surface area contributed by atoms with E-state index in [0.717, 1.165) is 11.5 Å². The molecular formula is C36H58N6O7S2. The summed E-state index contributed by atoms with van der Waals surface area (Å²) in [7, 11) is 0. The molecule has 1 spiro atoms. The molecule has 7 amide bonds. The van der Waals surface area contributed by atoms with Crippen molar-refractivity contribution in [2.75, 3.05) is 31.1 Å². The molecule has 15 heteroatoms. The number of hydrogen-bond acceptors (Lipinski definition) is 9. The van der Waals surface area contributed by atoms with Crippen LogP contribution in [-0.2, 0) is 28.8 Å². The Bertz CT molecular complexity index is 1360. The van der Waals surface area contributed by atoms with Gasteiger partial charge in [-0.3, -0.25) is 33.7 Å². The molecule has 0 radical (unpaired) electrons. The Morgan fingerprint density at radius 1 is 0.941 bits per heavy atom. The van der Waals surface area contributed by atoms with Gasteiger partial charge in [-0.05, 0) is 22.7 Å². The molecule has 0 aromatic heterocycles. The average Bonchev–Trinajstić information content (AvgIpc) is 3.63. The van der Waals surface area contributed by atoms with Gasteiger partial charge in [0.25, 0.3) is 5.91 Å². The molecule has 3 saturated heterocycles. The number of nitrogens with one attached hydrogen (secondary N) is 4. The van der Waals surface area contributed by atoms with Crippen LogP contribution in [0.1, 0.15) is 94.4 Å². The lowest BCUT2D eigenvalue weighted by atomic mass is 9.80. The van der Waals surface area contributed by atoms with Crippen LogP contribution >= 0.6 is 23.5 Å². The Balaban J connectivity index is 1.84. The highest BCUT2D eigenvalue weighted by Crippen LogP contribution is 2.52. The van der Waals surface area contributed by atoms with E-state index in [1.165, 1.54) is 15.9 Å². The lowest BCUT2D eigenvalue weighted by Crippen LogP contribution is -2.62. The Morgan fingerprint density at radius 2 is 1.53 bits per heavy atom. The summed E-state index contributed by atoms with van der Waals surface area (Å²) in [6.45, 7) is 20.7. The van der Waals surface area contributed by atoms with Gasteiger partial charge < -0.3 is 26.2 Å². The van der Waals surface area contributed by atoms with E-state index < -0.39 is 74.0 Å². The first-order chi connectivity index (χ1) is 23.5. The quantitative estimate of drug-likeness (QED) is 0.125. The third-order valence-electron chi connectivity index (χ3n) is 9.50. The molecule has 3 heterocycles. The number of nitrogens with zero attached hydrogens (tertiary/aromatic N) is 2. The van der Waals surface area contributed by atoms with Crippen LogP contribution in [0.3, 0.4) is 0 Å². The summed E-state index contributed by atoms with van der Waals surface area (Å²) in [4.78, 5) is 96.4. The normalized spacial score (nSPS) is 21.9. The van der Waals surface area contributed by atoms with Gasteiger partial charge in [0.05, 0.1) is 16.2 Å². The van der Waals surface area contributed by atoms with Crippen LogP contribution in [0, 0.1) is 16.2 Å². The molecule has 0 bridgehead atoms. The molecule has 4 atom stereocenters. The minimum atomic E-state index is -1.06. The Morgan fingerprint density at radius 3 is 2.04 bits per heavy atom. The molecule has 3 fully saturated rings. The highest BCUT2D eigenvalue weighted by Gasteiger charge is 2.53. The zero-order chi connectivity index (χ0) is 38.5. The fourth-order valence-corrected chi connectivity index (χ4v) is 9.78. The van der Waals surface area contributed by atoms with E-state index in [0.29, 0.717) is 12.8 Å². The maximum absolute atomic E-state index is 14.5. The number of likely N-dealkylation sites (tertiary alicyclic amines) is 2. The first kappa shape index (κ1) is 42.3. The predicted octanol–water partition coefficient (Wildman–Crippen LogP) is 3.22. The van der Waals surface area contributed by atoms with Gasteiger partial charge in [0.2, 0.25) is 29.4 Å². The van der Waals surface area contributed by atoms with Crippen LogP contribution in [0.2, 0.25) is 0 Å². The van der Waals surface area contributed by atoms with Gasteiger partial charge in [-0.2, -0.15) is 0 Å². The molecule has 3 rings (SSSR count). The highest BCUT2D eigenvalue weighted by molar-refractivity contribution is 8.21. The molecule has 0 saturated carbocycles. The van der Waals surface area contributed by atoms with Gasteiger partial charge in [0, 0.05) is 50.4 Å².